The van der Waals surface area contributed by atoms with Gasteiger partial charge in [0.25, 0.3) is 0 Å². The summed E-state index contributed by atoms with van der Waals surface area (Å²) >= 11 is 6.77. The Morgan fingerprint density at radius 3 is 1.82 bits per heavy atom. The highest BCUT2D eigenvalue weighted by atomic mass is 35.5. The minimum absolute atomic E-state index is 0.283. The van der Waals surface area contributed by atoms with E-state index in [1.807, 2.05) is 49.4 Å². The molecule has 0 spiro atoms. The first-order valence-electron chi connectivity index (χ1n) is 16.1. The van der Waals surface area contributed by atoms with Crippen molar-refractivity contribution in [1.29, 1.82) is 0 Å². The van der Waals surface area contributed by atoms with Crippen LogP contribution >= 0.6 is 11.6 Å². The lowest BCUT2D eigenvalue weighted by atomic mass is 9.87. The third kappa shape index (κ3) is 11.7. The summed E-state index contributed by atoms with van der Waals surface area (Å²) < 4.78 is 39.6. The van der Waals surface area contributed by atoms with Crippen LogP contribution in [0.25, 0.3) is 0 Å². The van der Waals surface area contributed by atoms with Gasteiger partial charge in [0.1, 0.15) is 30.2 Å². The van der Waals surface area contributed by atoms with E-state index in [-0.39, 0.29) is 6.61 Å². The summed E-state index contributed by atoms with van der Waals surface area (Å²) in [6.45, 7) is 28.6. The summed E-state index contributed by atoms with van der Waals surface area (Å²) in [6, 6.07) is 13.6. The number of aliphatic hydroxyl groups is 1. The molecule has 2 aromatic rings. The number of benzene rings is 2. The van der Waals surface area contributed by atoms with Gasteiger partial charge in [-0.05, 0) is 127 Å². The monoisotopic (exact) mass is 712 g/mol. The number of ether oxygens (including phenoxy) is 2. The van der Waals surface area contributed by atoms with E-state index in [4.69, 9.17) is 38.8 Å². The maximum atomic E-state index is 12.9. The molecule has 0 saturated carbocycles. The Morgan fingerprint density at radius 1 is 0.756 bits per heavy atom. The number of hydrogen-bond donors (Lipinski definition) is 1. The van der Waals surface area contributed by atoms with Gasteiger partial charge < -0.3 is 32.3 Å². The molecule has 0 bridgehead atoms. The number of hydrogen-bond acceptors (Lipinski definition) is 7. The van der Waals surface area contributed by atoms with Crippen LogP contribution in [0, 0.1) is 0 Å². The first-order valence-corrected chi connectivity index (χ1v) is 30.1. The van der Waals surface area contributed by atoms with E-state index < -0.39 is 63.5 Å². The van der Waals surface area contributed by atoms with E-state index in [0.29, 0.717) is 23.6 Å². The van der Waals surface area contributed by atoms with E-state index >= 15 is 0 Å². The molecule has 0 radical (unpaired) electrons. The van der Waals surface area contributed by atoms with Crippen molar-refractivity contribution < 1.29 is 32.3 Å². The Hall–Kier alpha value is -0.842. The normalized spacial score (nSPS) is 25.0. The standard InChI is InChI=1S/C33H57ClO7Si4/c1-14-36-27-18-15-24(16-19-27)21-25-22-26(17-20-28(25)34)33(35)32(41-45(11,12)13)31(40-44(8,9)10)30(39-43(5,6)7)29(38-33)23-37-42(2,3)4/h15-20,22,29-32,35H,14,21,23H2,1-13H3/t29-,30-,31+,32?,33+/m1/s1. The summed E-state index contributed by atoms with van der Waals surface area (Å²) in [5.74, 6) is -1.01. The van der Waals surface area contributed by atoms with Crippen LogP contribution in [0.3, 0.4) is 0 Å². The van der Waals surface area contributed by atoms with Crippen LogP contribution in [0.5, 0.6) is 5.75 Å². The first kappa shape index (κ1) is 38.6. The molecular weight excluding hydrogens is 656 g/mol. The fourth-order valence-corrected chi connectivity index (χ4v) is 9.38. The fraction of sp³-hybridized carbons (Fsp3) is 0.636. The maximum Gasteiger partial charge on any atom is 0.221 e. The van der Waals surface area contributed by atoms with Crippen molar-refractivity contribution in [3.8, 4) is 5.75 Å². The average Bonchev–Trinajstić information content (AvgIpc) is 2.87. The molecule has 5 atom stereocenters. The van der Waals surface area contributed by atoms with E-state index in [1.165, 1.54) is 0 Å². The number of halogens is 1. The highest BCUT2D eigenvalue weighted by Crippen LogP contribution is 2.44. The predicted octanol–water partition coefficient (Wildman–Crippen LogP) is 8.39. The first-order chi connectivity index (χ1) is 20.5. The van der Waals surface area contributed by atoms with E-state index in [2.05, 4.69) is 78.6 Å². The van der Waals surface area contributed by atoms with Gasteiger partial charge in [0.2, 0.25) is 5.79 Å². The molecule has 1 aliphatic rings. The SMILES string of the molecule is CCOc1ccc(Cc2cc([C@]3(O)O[C@H](CO[Si](C)(C)C)[C@@H](O[Si](C)(C)C)[C@H](O[Si](C)(C)C)C3O[Si](C)(C)C)ccc2Cl)cc1. The van der Waals surface area contributed by atoms with Crippen molar-refractivity contribution in [2.75, 3.05) is 13.2 Å². The Balaban J connectivity index is 2.18. The fourth-order valence-electron chi connectivity index (χ4n) is 5.30. The molecule has 7 nitrogen and oxygen atoms in total. The summed E-state index contributed by atoms with van der Waals surface area (Å²) in [5, 5.41) is 13.5. The van der Waals surface area contributed by atoms with Crippen molar-refractivity contribution in [2.24, 2.45) is 0 Å². The molecule has 1 heterocycles. The summed E-state index contributed by atoms with van der Waals surface area (Å²) in [4.78, 5) is 0. The van der Waals surface area contributed by atoms with Crippen LogP contribution in [0.4, 0.5) is 0 Å². The second-order valence-corrected chi connectivity index (χ2v) is 34.2. The van der Waals surface area contributed by atoms with Gasteiger partial charge in [0.05, 0.1) is 13.2 Å². The Morgan fingerprint density at radius 2 is 1.31 bits per heavy atom. The second-order valence-electron chi connectivity index (χ2n) is 15.9. The topological polar surface area (TPSA) is 75.6 Å². The molecule has 0 aliphatic carbocycles. The molecule has 45 heavy (non-hydrogen) atoms. The zero-order chi connectivity index (χ0) is 34.0. The quantitative estimate of drug-likeness (QED) is 0.197. The second kappa shape index (κ2) is 14.7. The van der Waals surface area contributed by atoms with Gasteiger partial charge in [-0.1, -0.05) is 29.8 Å². The molecule has 1 N–H and O–H groups in total. The number of rotatable bonds is 14. The summed E-state index contributed by atoms with van der Waals surface area (Å²) in [5.41, 5.74) is 2.53. The third-order valence-corrected chi connectivity index (χ3v) is 11.3. The lowest BCUT2D eigenvalue weighted by molar-refractivity contribution is -0.348. The van der Waals surface area contributed by atoms with Crippen molar-refractivity contribution in [3.05, 3.63) is 64.2 Å². The summed E-state index contributed by atoms with van der Waals surface area (Å²) in [7, 11) is -8.46. The van der Waals surface area contributed by atoms with Crippen LogP contribution < -0.4 is 4.74 Å². The highest BCUT2D eigenvalue weighted by Gasteiger charge is 2.59. The molecule has 1 fully saturated rings. The molecule has 12 heteroatoms. The largest absolute Gasteiger partial charge is 0.494 e. The van der Waals surface area contributed by atoms with Crippen molar-refractivity contribution in [2.45, 2.75) is 122 Å². The lowest BCUT2D eigenvalue weighted by Gasteiger charge is -2.54. The minimum atomic E-state index is -2.25. The molecule has 254 valence electrons. The zero-order valence-corrected chi connectivity index (χ0v) is 34.5. The molecule has 0 amide bonds. The molecular formula is C33H57ClO7Si4. The van der Waals surface area contributed by atoms with Crippen LogP contribution in [-0.4, -0.2) is 76.0 Å². The zero-order valence-electron chi connectivity index (χ0n) is 29.7. The van der Waals surface area contributed by atoms with E-state index in [0.717, 1.165) is 16.9 Å². The predicted molar refractivity (Wildman–Crippen MR) is 195 cm³/mol. The smallest absolute Gasteiger partial charge is 0.221 e. The van der Waals surface area contributed by atoms with Crippen molar-refractivity contribution in [1.82, 2.24) is 0 Å². The maximum absolute atomic E-state index is 12.9. The molecule has 0 aromatic heterocycles. The molecule has 3 rings (SSSR count). The molecule has 1 aliphatic heterocycles. The van der Waals surface area contributed by atoms with E-state index in [9.17, 15) is 5.11 Å². The van der Waals surface area contributed by atoms with Gasteiger partial charge in [-0.15, -0.1) is 0 Å². The van der Waals surface area contributed by atoms with Gasteiger partial charge in [-0.25, -0.2) is 0 Å². The Labute approximate surface area is 281 Å². The van der Waals surface area contributed by atoms with Gasteiger partial charge in [0.15, 0.2) is 33.3 Å². The van der Waals surface area contributed by atoms with Crippen LogP contribution in [0.2, 0.25) is 83.6 Å². The van der Waals surface area contributed by atoms with Gasteiger partial charge in [-0.3, -0.25) is 0 Å². The van der Waals surface area contributed by atoms with Gasteiger partial charge >= 0.3 is 0 Å². The van der Waals surface area contributed by atoms with Crippen LogP contribution in [0.1, 0.15) is 23.6 Å². The van der Waals surface area contributed by atoms with Crippen molar-refractivity contribution >= 4 is 44.9 Å². The third-order valence-electron chi connectivity index (χ3n) is 6.93. The minimum Gasteiger partial charge on any atom is -0.494 e. The van der Waals surface area contributed by atoms with Crippen molar-refractivity contribution in [3.63, 3.8) is 0 Å². The lowest BCUT2D eigenvalue weighted by Crippen LogP contribution is -2.69. The Bertz CT molecular complexity index is 1250. The molecule has 1 saturated heterocycles. The average molecular weight is 714 g/mol. The van der Waals surface area contributed by atoms with Gasteiger partial charge in [-0.2, -0.15) is 0 Å². The Kier molecular flexibility index (Phi) is 12.6. The molecule has 1 unspecified atom stereocenters. The molecule has 2 aromatic carbocycles. The van der Waals surface area contributed by atoms with E-state index in [1.54, 1.807) is 0 Å². The summed E-state index contributed by atoms with van der Waals surface area (Å²) in [6.07, 6.45) is -1.89. The van der Waals surface area contributed by atoms with Gasteiger partial charge in [0, 0.05) is 10.6 Å². The highest BCUT2D eigenvalue weighted by molar-refractivity contribution is 6.71. The van der Waals surface area contributed by atoms with Crippen LogP contribution in [-0.2, 0) is 34.6 Å². The van der Waals surface area contributed by atoms with Crippen LogP contribution in [0.15, 0.2) is 42.5 Å².